The molecule has 2 aromatic carbocycles. The van der Waals surface area contributed by atoms with Crippen molar-refractivity contribution in [3.8, 4) is 0 Å². The first-order valence-corrected chi connectivity index (χ1v) is 7.34. The van der Waals surface area contributed by atoms with Crippen LogP contribution in [0.5, 0.6) is 0 Å². The molecule has 3 heteroatoms. The Kier molecular flexibility index (Phi) is 4.02. The molecule has 1 unspecified atom stereocenters. The maximum atomic E-state index is 13.6. The van der Waals surface area contributed by atoms with E-state index in [1.165, 1.54) is 24.3 Å². The Morgan fingerprint density at radius 3 is 1.90 bits per heavy atom. The highest BCUT2D eigenvalue weighted by Gasteiger charge is 2.34. The van der Waals surface area contributed by atoms with Crippen LogP contribution in [0.4, 0.5) is 8.78 Å². The molecule has 21 heavy (non-hydrogen) atoms. The van der Waals surface area contributed by atoms with Crippen LogP contribution in [-0.2, 0) is 0 Å². The second kappa shape index (κ2) is 5.94. The molecule has 0 spiro atoms. The summed E-state index contributed by atoms with van der Waals surface area (Å²) in [4.78, 5) is 0. The number of halogens is 2. The fourth-order valence-electron chi connectivity index (χ4n) is 3.44. The van der Waals surface area contributed by atoms with Gasteiger partial charge in [-0.15, -0.1) is 0 Å². The molecule has 0 heterocycles. The van der Waals surface area contributed by atoms with Crippen LogP contribution in [0.25, 0.3) is 0 Å². The first-order valence-electron chi connectivity index (χ1n) is 7.34. The van der Waals surface area contributed by atoms with E-state index in [1.54, 1.807) is 12.1 Å². The van der Waals surface area contributed by atoms with Crippen LogP contribution in [0, 0.1) is 17.6 Å². The predicted molar refractivity (Wildman–Crippen MR) is 78.0 cm³/mol. The van der Waals surface area contributed by atoms with Crippen molar-refractivity contribution in [3.63, 3.8) is 0 Å². The predicted octanol–water partition coefficient (Wildman–Crippen LogP) is 4.26. The third kappa shape index (κ3) is 2.98. The average Bonchev–Trinajstić information content (AvgIpc) is 2.86. The molecule has 1 saturated carbocycles. The molecular weight excluding hydrogens is 270 g/mol. The van der Waals surface area contributed by atoms with E-state index in [-0.39, 0.29) is 23.5 Å². The Balaban J connectivity index is 2.06. The van der Waals surface area contributed by atoms with Gasteiger partial charge in [0.1, 0.15) is 11.6 Å². The fraction of sp³-hybridized carbons (Fsp3) is 0.333. The minimum Gasteiger partial charge on any atom is -0.393 e. The number of aliphatic hydroxyl groups excluding tert-OH is 1. The van der Waals surface area contributed by atoms with Gasteiger partial charge in [0, 0.05) is 5.92 Å². The second-order valence-electron chi connectivity index (χ2n) is 5.75. The van der Waals surface area contributed by atoms with Crippen molar-refractivity contribution in [1.82, 2.24) is 0 Å². The lowest BCUT2D eigenvalue weighted by Crippen LogP contribution is -2.22. The number of benzene rings is 2. The van der Waals surface area contributed by atoms with Gasteiger partial charge in [-0.25, -0.2) is 8.78 Å². The number of hydrogen-bond acceptors (Lipinski definition) is 1. The lowest BCUT2D eigenvalue weighted by atomic mass is 9.79. The Morgan fingerprint density at radius 1 is 0.905 bits per heavy atom. The quantitative estimate of drug-likeness (QED) is 0.895. The first-order chi connectivity index (χ1) is 10.1. The van der Waals surface area contributed by atoms with Crippen LogP contribution >= 0.6 is 0 Å². The molecule has 1 N–H and O–H groups in total. The molecule has 110 valence electrons. The van der Waals surface area contributed by atoms with Gasteiger partial charge in [0.15, 0.2) is 0 Å². The van der Waals surface area contributed by atoms with Crippen LogP contribution in [0.1, 0.15) is 36.3 Å². The largest absolute Gasteiger partial charge is 0.393 e. The van der Waals surface area contributed by atoms with Crippen molar-refractivity contribution in [2.24, 2.45) is 5.92 Å². The van der Waals surface area contributed by atoms with Crippen LogP contribution in [0.15, 0.2) is 48.5 Å². The van der Waals surface area contributed by atoms with Gasteiger partial charge in [-0.2, -0.15) is 0 Å². The summed E-state index contributed by atoms with van der Waals surface area (Å²) in [5.74, 6) is -0.773. The van der Waals surface area contributed by atoms with Crippen LogP contribution in [0.2, 0.25) is 0 Å². The van der Waals surface area contributed by atoms with E-state index in [2.05, 4.69) is 0 Å². The van der Waals surface area contributed by atoms with Crippen molar-refractivity contribution >= 4 is 0 Å². The molecule has 1 aliphatic carbocycles. The van der Waals surface area contributed by atoms with Crippen LogP contribution in [0.3, 0.4) is 0 Å². The van der Waals surface area contributed by atoms with Crippen LogP contribution < -0.4 is 0 Å². The highest BCUT2D eigenvalue weighted by Crippen LogP contribution is 2.41. The summed E-state index contributed by atoms with van der Waals surface area (Å²) in [6, 6.07) is 12.8. The number of aliphatic hydroxyl groups is 1. The summed E-state index contributed by atoms with van der Waals surface area (Å²) in [7, 11) is 0. The lowest BCUT2D eigenvalue weighted by Gasteiger charge is -2.27. The van der Waals surface area contributed by atoms with Gasteiger partial charge >= 0.3 is 0 Å². The van der Waals surface area contributed by atoms with E-state index in [0.717, 1.165) is 30.4 Å². The van der Waals surface area contributed by atoms with E-state index >= 15 is 0 Å². The molecule has 2 atom stereocenters. The molecule has 1 fully saturated rings. The zero-order chi connectivity index (χ0) is 14.8. The molecule has 3 rings (SSSR count). The van der Waals surface area contributed by atoms with Crippen molar-refractivity contribution in [2.45, 2.75) is 31.3 Å². The lowest BCUT2D eigenvalue weighted by molar-refractivity contribution is 0.124. The van der Waals surface area contributed by atoms with Gasteiger partial charge in [0.05, 0.1) is 6.10 Å². The summed E-state index contributed by atoms with van der Waals surface area (Å²) in [5, 5.41) is 10.2. The smallest absolute Gasteiger partial charge is 0.123 e. The van der Waals surface area contributed by atoms with Gasteiger partial charge in [0.2, 0.25) is 0 Å². The molecule has 2 aromatic rings. The summed E-state index contributed by atoms with van der Waals surface area (Å²) >= 11 is 0. The Bertz CT molecular complexity index is 581. The average molecular weight is 288 g/mol. The van der Waals surface area contributed by atoms with E-state index in [4.69, 9.17) is 0 Å². The minimum absolute atomic E-state index is 0.00796. The minimum atomic E-state index is -0.415. The zero-order valence-corrected chi connectivity index (χ0v) is 11.7. The Hall–Kier alpha value is -1.74. The van der Waals surface area contributed by atoms with Gasteiger partial charge in [-0.05, 0) is 54.2 Å². The number of hydrogen-bond donors (Lipinski definition) is 1. The van der Waals surface area contributed by atoms with Gasteiger partial charge in [0.25, 0.3) is 0 Å². The monoisotopic (exact) mass is 288 g/mol. The SMILES string of the molecule is O[C@@H]1CCCC1C(c1cccc(F)c1)c1cccc(F)c1. The topological polar surface area (TPSA) is 20.2 Å². The van der Waals surface area contributed by atoms with E-state index in [1.807, 2.05) is 12.1 Å². The van der Waals surface area contributed by atoms with Crippen molar-refractivity contribution in [2.75, 3.05) is 0 Å². The fourth-order valence-corrected chi connectivity index (χ4v) is 3.44. The van der Waals surface area contributed by atoms with Crippen molar-refractivity contribution in [3.05, 3.63) is 71.3 Å². The highest BCUT2D eigenvalue weighted by atomic mass is 19.1. The van der Waals surface area contributed by atoms with E-state index in [0.29, 0.717) is 0 Å². The summed E-state index contributed by atoms with van der Waals surface area (Å²) in [6.07, 6.45) is 2.17. The summed E-state index contributed by atoms with van der Waals surface area (Å²) in [6.45, 7) is 0. The number of rotatable bonds is 3. The maximum Gasteiger partial charge on any atom is 0.123 e. The van der Waals surface area contributed by atoms with Crippen molar-refractivity contribution in [1.29, 1.82) is 0 Å². The molecule has 0 aromatic heterocycles. The van der Waals surface area contributed by atoms with Gasteiger partial charge in [-0.3, -0.25) is 0 Å². The molecular formula is C18H18F2O. The molecule has 0 saturated heterocycles. The molecule has 0 amide bonds. The zero-order valence-electron chi connectivity index (χ0n) is 11.7. The van der Waals surface area contributed by atoms with Crippen LogP contribution in [-0.4, -0.2) is 11.2 Å². The molecule has 1 aliphatic rings. The second-order valence-corrected chi connectivity index (χ2v) is 5.75. The Morgan fingerprint density at radius 2 is 1.48 bits per heavy atom. The van der Waals surface area contributed by atoms with E-state index in [9.17, 15) is 13.9 Å². The summed E-state index contributed by atoms with van der Waals surface area (Å²) < 4.78 is 27.1. The van der Waals surface area contributed by atoms with Gasteiger partial charge in [-0.1, -0.05) is 30.7 Å². The van der Waals surface area contributed by atoms with Crippen molar-refractivity contribution < 1.29 is 13.9 Å². The molecule has 0 aliphatic heterocycles. The first kappa shape index (κ1) is 14.2. The molecule has 1 nitrogen and oxygen atoms in total. The van der Waals surface area contributed by atoms with E-state index < -0.39 is 6.10 Å². The third-order valence-corrected chi connectivity index (χ3v) is 4.38. The highest BCUT2D eigenvalue weighted by molar-refractivity contribution is 5.34. The molecule has 0 radical (unpaired) electrons. The third-order valence-electron chi connectivity index (χ3n) is 4.38. The molecule has 0 bridgehead atoms. The van der Waals surface area contributed by atoms with Gasteiger partial charge < -0.3 is 5.11 Å². The summed E-state index contributed by atoms with van der Waals surface area (Å²) in [5.41, 5.74) is 1.60. The maximum absolute atomic E-state index is 13.6. The normalized spacial score (nSPS) is 21.9. The Labute approximate surface area is 123 Å². The standard InChI is InChI=1S/C18H18F2O/c19-14-6-1-4-12(10-14)18(16-8-3-9-17(16)21)13-5-2-7-15(20)11-13/h1-2,4-7,10-11,16-18,21H,3,8-9H2/t16?,17-/m1/s1.